The Bertz CT molecular complexity index is 1900. The summed E-state index contributed by atoms with van der Waals surface area (Å²) in [7, 11) is -4.57. The van der Waals surface area contributed by atoms with Crippen molar-refractivity contribution in [3.05, 3.63) is 127 Å². The van der Waals surface area contributed by atoms with Crippen LogP contribution < -0.4 is 19.5 Å². The Hall–Kier alpha value is -4.65. The van der Waals surface area contributed by atoms with Gasteiger partial charge in [0, 0.05) is 17.5 Å². The first-order chi connectivity index (χ1) is 22.7. The van der Waals surface area contributed by atoms with Crippen molar-refractivity contribution in [2.45, 2.75) is 44.6 Å². The summed E-state index contributed by atoms with van der Waals surface area (Å²) < 4.78 is 39.6. The highest BCUT2D eigenvalue weighted by Gasteiger charge is 2.28. The zero-order valence-corrected chi connectivity index (χ0v) is 28.6. The summed E-state index contributed by atoms with van der Waals surface area (Å²) in [6.07, 6.45) is -0.120. The Morgan fingerprint density at radius 3 is 2.02 bits per heavy atom. The topological polar surface area (TPSA) is 154 Å². The Morgan fingerprint density at radius 1 is 0.833 bits per heavy atom. The lowest BCUT2D eigenvalue weighted by molar-refractivity contribution is -0.384. The minimum atomic E-state index is -4.57. The van der Waals surface area contributed by atoms with E-state index in [0.717, 1.165) is 34.9 Å². The van der Waals surface area contributed by atoms with Crippen LogP contribution >= 0.6 is 23.2 Å². The zero-order valence-electron chi connectivity index (χ0n) is 26.3. The molecule has 0 aliphatic carbocycles. The highest BCUT2D eigenvalue weighted by Crippen LogP contribution is 2.28. The summed E-state index contributed by atoms with van der Waals surface area (Å²) in [5.74, 6) is -0.333. The molecule has 0 saturated heterocycles. The van der Waals surface area contributed by atoms with E-state index in [2.05, 4.69) is 5.32 Å². The molecule has 1 atom stereocenters. The van der Waals surface area contributed by atoms with Crippen LogP contribution in [0.1, 0.15) is 27.8 Å². The molecular formula is C34H33Cl2N3O8S. The summed E-state index contributed by atoms with van der Waals surface area (Å²) in [6.45, 7) is 6.24. The standard InChI is InChI=1S/C34H33Cl2N3O8S/c1-21-4-6-25(7-5-21)19-32(40)37-30(34(41)38-48(44,45)28-12-13-29(35)31(20-28)39(42)43)18-24-8-10-26(11-9-24)46-14-15-47-27-16-22(2)33(36)23(3)17-27/h4-13,16-17,20,30H,14-15,18-19H2,1-3H3,(H,37,40)(H,38,41)/t30-/m0/s1. The fourth-order valence-electron chi connectivity index (χ4n) is 4.67. The van der Waals surface area contributed by atoms with Crippen LogP contribution in [-0.4, -0.2) is 44.4 Å². The van der Waals surface area contributed by atoms with Crippen LogP contribution in [0, 0.1) is 30.9 Å². The molecule has 0 aliphatic rings. The summed E-state index contributed by atoms with van der Waals surface area (Å²) in [5, 5.41) is 14.3. The second-order valence-electron chi connectivity index (χ2n) is 11.0. The Morgan fingerprint density at radius 2 is 1.42 bits per heavy atom. The number of nitro groups is 1. The van der Waals surface area contributed by atoms with E-state index >= 15 is 0 Å². The van der Waals surface area contributed by atoms with Gasteiger partial charge in [-0.3, -0.25) is 19.7 Å². The molecule has 11 nitrogen and oxygen atoms in total. The number of nitrogens with one attached hydrogen (secondary N) is 2. The van der Waals surface area contributed by atoms with E-state index in [-0.39, 0.29) is 31.1 Å². The van der Waals surface area contributed by atoms with E-state index in [1.165, 1.54) is 0 Å². The molecule has 4 rings (SSSR count). The van der Waals surface area contributed by atoms with Crippen molar-refractivity contribution >= 4 is 50.7 Å². The predicted octanol–water partition coefficient (Wildman–Crippen LogP) is 6.06. The molecule has 0 fully saturated rings. The fourth-order valence-corrected chi connectivity index (χ4v) is 6.01. The van der Waals surface area contributed by atoms with Crippen LogP contribution in [0.2, 0.25) is 10.0 Å². The van der Waals surface area contributed by atoms with Crippen LogP contribution in [0.25, 0.3) is 0 Å². The summed E-state index contributed by atoms with van der Waals surface area (Å²) in [5.41, 5.74) is 3.49. The fraction of sp³-hybridized carbons (Fsp3) is 0.235. The maximum atomic E-state index is 13.4. The smallest absolute Gasteiger partial charge is 0.289 e. The van der Waals surface area contributed by atoms with E-state index in [1.54, 1.807) is 36.4 Å². The van der Waals surface area contributed by atoms with Crippen molar-refractivity contribution < 1.29 is 32.4 Å². The van der Waals surface area contributed by atoms with Gasteiger partial charge < -0.3 is 14.8 Å². The van der Waals surface area contributed by atoms with Crippen LogP contribution in [0.3, 0.4) is 0 Å². The van der Waals surface area contributed by atoms with Crippen molar-refractivity contribution in [1.29, 1.82) is 0 Å². The van der Waals surface area contributed by atoms with Gasteiger partial charge in [-0.1, -0.05) is 65.2 Å². The molecular weight excluding hydrogens is 681 g/mol. The van der Waals surface area contributed by atoms with Gasteiger partial charge in [0.2, 0.25) is 5.91 Å². The first kappa shape index (κ1) is 36.2. The average Bonchev–Trinajstić information content (AvgIpc) is 3.03. The highest BCUT2D eigenvalue weighted by molar-refractivity contribution is 7.90. The monoisotopic (exact) mass is 713 g/mol. The van der Waals surface area contributed by atoms with Crippen molar-refractivity contribution in [3.63, 3.8) is 0 Å². The molecule has 0 heterocycles. The molecule has 0 unspecified atom stereocenters. The van der Waals surface area contributed by atoms with E-state index < -0.39 is 43.4 Å². The molecule has 2 amide bonds. The van der Waals surface area contributed by atoms with Gasteiger partial charge in [-0.25, -0.2) is 13.1 Å². The number of aryl methyl sites for hydroxylation is 3. The number of hydrogen-bond acceptors (Lipinski definition) is 8. The number of nitrogens with zero attached hydrogens (tertiary/aromatic N) is 1. The number of rotatable bonds is 14. The molecule has 0 radical (unpaired) electrons. The van der Waals surface area contributed by atoms with Gasteiger partial charge in [-0.05, 0) is 79.4 Å². The van der Waals surface area contributed by atoms with Gasteiger partial charge in [-0.15, -0.1) is 0 Å². The largest absolute Gasteiger partial charge is 0.490 e. The van der Waals surface area contributed by atoms with Crippen molar-refractivity contribution in [1.82, 2.24) is 10.0 Å². The van der Waals surface area contributed by atoms with Crippen LogP contribution in [-0.2, 0) is 32.5 Å². The number of ether oxygens (including phenoxy) is 2. The van der Waals surface area contributed by atoms with E-state index in [0.29, 0.717) is 27.6 Å². The van der Waals surface area contributed by atoms with Crippen LogP contribution in [0.5, 0.6) is 11.5 Å². The lowest BCUT2D eigenvalue weighted by Crippen LogP contribution is -2.49. The first-order valence-corrected chi connectivity index (χ1v) is 16.9. The maximum Gasteiger partial charge on any atom is 0.289 e. The molecule has 0 spiro atoms. The third-order valence-corrected chi connectivity index (χ3v) is 9.45. The molecule has 48 heavy (non-hydrogen) atoms. The van der Waals surface area contributed by atoms with Gasteiger partial charge in [0.25, 0.3) is 21.6 Å². The third-order valence-electron chi connectivity index (χ3n) is 7.19. The maximum absolute atomic E-state index is 13.4. The Labute approximate surface area is 288 Å². The Kier molecular flexibility index (Phi) is 12.0. The summed E-state index contributed by atoms with van der Waals surface area (Å²) in [4.78, 5) is 36.3. The molecule has 4 aromatic carbocycles. The molecule has 0 aromatic heterocycles. The molecule has 0 bridgehead atoms. The van der Waals surface area contributed by atoms with Crippen molar-refractivity contribution in [3.8, 4) is 11.5 Å². The second-order valence-corrected chi connectivity index (χ2v) is 13.5. The van der Waals surface area contributed by atoms with E-state index in [4.69, 9.17) is 32.7 Å². The van der Waals surface area contributed by atoms with Crippen molar-refractivity contribution in [2.24, 2.45) is 0 Å². The van der Waals surface area contributed by atoms with E-state index in [9.17, 15) is 28.1 Å². The SMILES string of the molecule is Cc1ccc(CC(=O)N[C@@H](Cc2ccc(OCCOc3cc(C)c(Cl)c(C)c3)cc2)C(=O)NS(=O)(=O)c2ccc(Cl)c([N+](=O)[O-])c2)cc1. The number of carbonyl (C=O) groups is 2. The number of halogens is 2. The van der Waals surface area contributed by atoms with Gasteiger partial charge in [-0.2, -0.15) is 0 Å². The van der Waals surface area contributed by atoms with Gasteiger partial charge >= 0.3 is 0 Å². The normalized spacial score (nSPS) is 11.8. The number of amides is 2. The number of nitro benzene ring substituents is 1. The van der Waals surface area contributed by atoms with Gasteiger partial charge in [0.1, 0.15) is 35.8 Å². The molecule has 0 saturated carbocycles. The molecule has 4 aromatic rings. The minimum Gasteiger partial charge on any atom is -0.490 e. The van der Waals surface area contributed by atoms with Crippen molar-refractivity contribution in [2.75, 3.05) is 13.2 Å². The lowest BCUT2D eigenvalue weighted by atomic mass is 10.0. The number of carbonyl (C=O) groups excluding carboxylic acids is 2. The number of hydrogen-bond donors (Lipinski definition) is 2. The van der Waals surface area contributed by atoms with Crippen LogP contribution in [0.15, 0.2) is 83.8 Å². The summed E-state index contributed by atoms with van der Waals surface area (Å²) >= 11 is 12.0. The third kappa shape index (κ3) is 9.93. The first-order valence-electron chi connectivity index (χ1n) is 14.7. The molecule has 0 aliphatic heterocycles. The quantitative estimate of drug-likeness (QED) is 0.0908. The van der Waals surface area contributed by atoms with E-state index in [1.807, 2.05) is 49.8 Å². The number of sulfonamides is 1. The highest BCUT2D eigenvalue weighted by atomic mass is 35.5. The van der Waals surface area contributed by atoms with Crippen LogP contribution in [0.4, 0.5) is 5.69 Å². The lowest BCUT2D eigenvalue weighted by Gasteiger charge is -2.19. The number of benzene rings is 4. The zero-order chi connectivity index (χ0) is 35.0. The van der Waals surface area contributed by atoms with Gasteiger partial charge in [0.15, 0.2) is 0 Å². The predicted molar refractivity (Wildman–Crippen MR) is 182 cm³/mol. The molecule has 14 heteroatoms. The minimum absolute atomic E-state index is 0.0514. The molecule has 2 N–H and O–H groups in total. The second kappa shape index (κ2) is 16.0. The summed E-state index contributed by atoms with van der Waals surface area (Å²) in [6, 6.07) is 19.2. The van der Waals surface area contributed by atoms with Gasteiger partial charge in [0.05, 0.1) is 16.2 Å². The average molecular weight is 715 g/mol. The Balaban J connectivity index is 1.44. The molecule has 252 valence electrons.